The second kappa shape index (κ2) is 10.7. The molecule has 33 heavy (non-hydrogen) atoms. The lowest BCUT2D eigenvalue weighted by molar-refractivity contribution is 0.0693. The van der Waals surface area contributed by atoms with Gasteiger partial charge in [-0.3, -0.25) is 0 Å². The van der Waals surface area contributed by atoms with Crippen molar-refractivity contribution in [2.45, 2.75) is 11.0 Å². The third-order valence-electron chi connectivity index (χ3n) is 5.20. The van der Waals surface area contributed by atoms with E-state index in [9.17, 15) is 9.90 Å². The van der Waals surface area contributed by atoms with Gasteiger partial charge in [0.15, 0.2) is 0 Å². The summed E-state index contributed by atoms with van der Waals surface area (Å²) in [4.78, 5) is 16.9. The van der Waals surface area contributed by atoms with Gasteiger partial charge < -0.3 is 9.84 Å². The van der Waals surface area contributed by atoms with Crippen LogP contribution in [0.4, 0.5) is 0 Å². The number of hydrogen-bond acceptors (Lipinski definition) is 4. The van der Waals surface area contributed by atoms with E-state index < -0.39 is 5.97 Å². The summed E-state index contributed by atoms with van der Waals surface area (Å²) < 4.78 is 5.72. The van der Waals surface area contributed by atoms with E-state index in [1.54, 1.807) is 19.2 Å². The van der Waals surface area contributed by atoms with Crippen LogP contribution < -0.4 is 0 Å². The number of thioether (sulfide) groups is 1. The molecule has 4 aromatic rings. The van der Waals surface area contributed by atoms with E-state index in [0.29, 0.717) is 16.3 Å². The lowest BCUT2D eigenvalue weighted by Crippen LogP contribution is -2.06. The lowest BCUT2D eigenvalue weighted by Gasteiger charge is -2.16. The first-order chi connectivity index (χ1) is 16.0. The Balaban J connectivity index is 1.50. The van der Waals surface area contributed by atoms with Crippen LogP contribution in [-0.2, 0) is 4.74 Å². The highest BCUT2D eigenvalue weighted by Gasteiger charge is 2.15. The minimum atomic E-state index is -0.927. The zero-order valence-electron chi connectivity index (χ0n) is 17.9. The first-order valence-corrected chi connectivity index (χ1v) is 11.7. The van der Waals surface area contributed by atoms with Crippen LogP contribution in [0.25, 0.3) is 23.1 Å². The van der Waals surface area contributed by atoms with Crippen molar-refractivity contribution in [2.24, 2.45) is 0 Å². The number of carboxylic acid groups (broad SMARTS) is 1. The van der Waals surface area contributed by atoms with E-state index in [4.69, 9.17) is 16.3 Å². The standard InChI is InChI=1S/C27H22ClNO3S/c1-32-25(17-33-26-8-3-2-7-23(26)27(30)31)20-6-4-5-18(15-20)9-13-22-14-11-19-10-12-21(28)16-24(19)29-22/h2-16,25H,17H2,1H3,(H,30,31)/b13-9+. The summed E-state index contributed by atoms with van der Waals surface area (Å²) in [5.41, 5.74) is 4.06. The highest BCUT2D eigenvalue weighted by Crippen LogP contribution is 2.30. The minimum absolute atomic E-state index is 0.175. The number of aromatic carboxylic acids is 1. The number of benzene rings is 3. The number of methoxy groups -OCH3 is 1. The number of pyridine rings is 1. The average Bonchev–Trinajstić information content (AvgIpc) is 2.83. The van der Waals surface area contributed by atoms with Gasteiger partial charge in [0.2, 0.25) is 0 Å². The van der Waals surface area contributed by atoms with Crippen LogP contribution in [0.2, 0.25) is 5.02 Å². The number of halogens is 1. The van der Waals surface area contributed by atoms with E-state index in [1.165, 1.54) is 11.8 Å². The molecule has 1 heterocycles. The van der Waals surface area contributed by atoms with Crippen LogP contribution in [0.5, 0.6) is 0 Å². The SMILES string of the molecule is COC(CSc1ccccc1C(=O)O)c1cccc(/C=C/c2ccc3ccc(Cl)cc3n2)c1. The van der Waals surface area contributed by atoms with Gasteiger partial charge in [-0.05, 0) is 53.6 Å². The fourth-order valence-electron chi connectivity index (χ4n) is 3.48. The third kappa shape index (κ3) is 5.82. The molecule has 166 valence electrons. The maximum absolute atomic E-state index is 11.5. The first kappa shape index (κ1) is 23.1. The topological polar surface area (TPSA) is 59.4 Å². The van der Waals surface area contributed by atoms with Gasteiger partial charge in [0.25, 0.3) is 0 Å². The zero-order valence-corrected chi connectivity index (χ0v) is 19.5. The molecule has 0 radical (unpaired) electrons. The van der Waals surface area contributed by atoms with Gasteiger partial charge in [-0.2, -0.15) is 0 Å². The molecule has 0 bridgehead atoms. The molecule has 0 aliphatic rings. The smallest absolute Gasteiger partial charge is 0.336 e. The van der Waals surface area contributed by atoms with Crippen molar-refractivity contribution >= 4 is 52.4 Å². The quantitative estimate of drug-likeness (QED) is 0.272. The van der Waals surface area contributed by atoms with Crippen LogP contribution in [-0.4, -0.2) is 28.9 Å². The van der Waals surface area contributed by atoms with Crippen molar-refractivity contribution in [3.63, 3.8) is 0 Å². The van der Waals surface area contributed by atoms with Crippen molar-refractivity contribution in [1.29, 1.82) is 0 Å². The molecule has 6 heteroatoms. The van der Waals surface area contributed by atoms with Crippen LogP contribution in [0, 0.1) is 0 Å². The summed E-state index contributed by atoms with van der Waals surface area (Å²) in [6.45, 7) is 0. The number of rotatable bonds is 8. The Morgan fingerprint density at radius 2 is 1.88 bits per heavy atom. The molecule has 1 atom stereocenters. The molecule has 4 rings (SSSR count). The molecule has 4 nitrogen and oxygen atoms in total. The Hall–Kier alpha value is -3.12. The van der Waals surface area contributed by atoms with Crippen LogP contribution >= 0.6 is 23.4 Å². The van der Waals surface area contributed by atoms with Gasteiger partial charge in [0.1, 0.15) is 0 Å². The fraction of sp³-hybridized carbons (Fsp3) is 0.111. The average molecular weight is 476 g/mol. The van der Waals surface area contributed by atoms with E-state index in [1.807, 2.05) is 72.8 Å². The van der Waals surface area contributed by atoms with E-state index >= 15 is 0 Å². The summed E-state index contributed by atoms with van der Waals surface area (Å²) in [7, 11) is 1.67. The Morgan fingerprint density at radius 3 is 2.70 bits per heavy atom. The number of carboxylic acids is 1. The molecule has 0 amide bonds. The van der Waals surface area contributed by atoms with Gasteiger partial charge >= 0.3 is 5.97 Å². The van der Waals surface area contributed by atoms with Crippen LogP contribution in [0.15, 0.2) is 83.8 Å². The summed E-state index contributed by atoms with van der Waals surface area (Å²) >= 11 is 7.57. The van der Waals surface area contributed by atoms with Gasteiger partial charge in [0, 0.05) is 28.2 Å². The fourth-order valence-corrected chi connectivity index (χ4v) is 4.79. The summed E-state index contributed by atoms with van der Waals surface area (Å²) in [5, 5.41) is 11.1. The van der Waals surface area contributed by atoms with Crippen LogP contribution in [0.1, 0.15) is 33.3 Å². The molecular formula is C27H22ClNO3S. The van der Waals surface area contributed by atoms with E-state index in [0.717, 1.165) is 32.6 Å². The van der Waals surface area contributed by atoms with Crippen molar-refractivity contribution in [3.05, 3.63) is 106 Å². The van der Waals surface area contributed by atoms with Gasteiger partial charge in [0.05, 0.1) is 22.9 Å². The van der Waals surface area contributed by atoms with Gasteiger partial charge in [-0.25, -0.2) is 9.78 Å². The molecule has 0 saturated carbocycles. The summed E-state index contributed by atoms with van der Waals surface area (Å²) in [5.74, 6) is -0.329. The number of fused-ring (bicyclic) bond motifs is 1. The number of ether oxygens (including phenoxy) is 1. The number of hydrogen-bond donors (Lipinski definition) is 1. The van der Waals surface area contributed by atoms with Crippen molar-refractivity contribution in [2.75, 3.05) is 12.9 Å². The van der Waals surface area contributed by atoms with Crippen molar-refractivity contribution < 1.29 is 14.6 Å². The predicted octanol–water partition coefficient (Wildman–Crippen LogP) is 7.24. The maximum Gasteiger partial charge on any atom is 0.336 e. The molecule has 0 spiro atoms. The van der Waals surface area contributed by atoms with Crippen molar-refractivity contribution in [3.8, 4) is 0 Å². The largest absolute Gasteiger partial charge is 0.478 e. The second-order valence-corrected chi connectivity index (χ2v) is 8.91. The molecule has 1 N–H and O–H groups in total. The van der Waals surface area contributed by atoms with E-state index in [2.05, 4.69) is 11.1 Å². The Kier molecular flexibility index (Phi) is 7.45. The third-order valence-corrected chi connectivity index (χ3v) is 6.57. The lowest BCUT2D eigenvalue weighted by atomic mass is 10.1. The maximum atomic E-state index is 11.5. The molecule has 0 aliphatic carbocycles. The Bertz CT molecular complexity index is 1320. The number of aromatic nitrogens is 1. The van der Waals surface area contributed by atoms with Crippen LogP contribution in [0.3, 0.4) is 0 Å². The highest BCUT2D eigenvalue weighted by atomic mass is 35.5. The molecule has 3 aromatic carbocycles. The van der Waals surface area contributed by atoms with Gasteiger partial charge in [-0.1, -0.05) is 60.1 Å². The zero-order chi connectivity index (χ0) is 23.2. The number of nitrogens with zero attached hydrogens (tertiary/aromatic N) is 1. The molecule has 0 fully saturated rings. The Labute approximate surface area is 201 Å². The normalized spacial score (nSPS) is 12.3. The predicted molar refractivity (Wildman–Crippen MR) is 136 cm³/mol. The molecule has 1 aromatic heterocycles. The van der Waals surface area contributed by atoms with E-state index in [-0.39, 0.29) is 6.10 Å². The van der Waals surface area contributed by atoms with Crippen molar-refractivity contribution in [1.82, 2.24) is 4.98 Å². The minimum Gasteiger partial charge on any atom is -0.478 e. The molecule has 0 saturated heterocycles. The second-order valence-electron chi connectivity index (χ2n) is 7.41. The van der Waals surface area contributed by atoms with Gasteiger partial charge in [-0.15, -0.1) is 11.8 Å². The highest BCUT2D eigenvalue weighted by molar-refractivity contribution is 7.99. The summed E-state index contributed by atoms with van der Waals surface area (Å²) in [6, 6.07) is 24.8. The number of carbonyl (C=O) groups is 1. The molecule has 1 unspecified atom stereocenters. The molecular weight excluding hydrogens is 454 g/mol. The molecule has 0 aliphatic heterocycles. The Morgan fingerprint density at radius 1 is 1.06 bits per heavy atom. The monoisotopic (exact) mass is 475 g/mol. The summed E-state index contributed by atoms with van der Waals surface area (Å²) in [6.07, 6.45) is 3.81. The first-order valence-electron chi connectivity index (χ1n) is 10.4.